The molecule has 29 heavy (non-hydrogen) atoms. The maximum Gasteiger partial charge on any atom is 0.337 e. The van der Waals surface area contributed by atoms with Crippen LogP contribution in [-0.4, -0.2) is 29.2 Å². The molecule has 142 valence electrons. The molecule has 0 bridgehead atoms. The first-order valence-electron chi connectivity index (χ1n) is 8.36. The van der Waals surface area contributed by atoms with Crippen LogP contribution in [0.2, 0.25) is 0 Å². The molecule has 0 unspecified atom stereocenters. The van der Waals surface area contributed by atoms with Gasteiger partial charge in [0.1, 0.15) is 5.76 Å². The minimum atomic E-state index is -0.455. The normalized spacial score (nSPS) is 14.6. The van der Waals surface area contributed by atoms with Gasteiger partial charge in [-0.1, -0.05) is 17.9 Å². The van der Waals surface area contributed by atoms with Crippen molar-refractivity contribution in [2.45, 2.75) is 0 Å². The summed E-state index contributed by atoms with van der Waals surface area (Å²) in [5.41, 5.74) is 2.11. The van der Waals surface area contributed by atoms with Gasteiger partial charge in [0.25, 0.3) is 11.1 Å². The van der Waals surface area contributed by atoms with Gasteiger partial charge in [0.05, 0.1) is 23.1 Å². The molecule has 0 saturated carbocycles. The summed E-state index contributed by atoms with van der Waals surface area (Å²) in [5, 5.41) is 2.49. The van der Waals surface area contributed by atoms with Crippen LogP contribution in [0.15, 0.2) is 52.0 Å². The molecule has 8 heteroatoms. The number of carbonyl (C=O) groups excluding carboxylic acids is 3. The third-order valence-corrected chi connectivity index (χ3v) is 4.79. The van der Waals surface area contributed by atoms with Crippen molar-refractivity contribution >= 4 is 45.9 Å². The van der Waals surface area contributed by atoms with E-state index in [-0.39, 0.29) is 4.91 Å². The first-order valence-corrected chi connectivity index (χ1v) is 9.18. The van der Waals surface area contributed by atoms with Gasteiger partial charge >= 0.3 is 5.97 Å². The van der Waals surface area contributed by atoms with Crippen molar-refractivity contribution in [3.63, 3.8) is 0 Å². The predicted molar refractivity (Wildman–Crippen MR) is 107 cm³/mol. The van der Waals surface area contributed by atoms with Crippen molar-refractivity contribution in [3.05, 3.63) is 70.1 Å². The van der Waals surface area contributed by atoms with Crippen molar-refractivity contribution < 1.29 is 23.5 Å². The number of hydrogen-bond acceptors (Lipinski definition) is 7. The first kappa shape index (κ1) is 18.5. The quantitative estimate of drug-likeness (QED) is 0.397. The second kappa shape index (κ2) is 7.66. The number of esters is 1. The Morgan fingerprint density at radius 2 is 2.10 bits per heavy atom. The van der Waals surface area contributed by atoms with E-state index in [2.05, 4.69) is 22.1 Å². The van der Waals surface area contributed by atoms with Crippen LogP contribution in [0.1, 0.15) is 27.2 Å². The van der Waals surface area contributed by atoms with Gasteiger partial charge in [-0.05, 0) is 36.0 Å². The molecule has 7 nitrogen and oxygen atoms in total. The van der Waals surface area contributed by atoms with Gasteiger partial charge in [-0.25, -0.2) is 4.79 Å². The van der Waals surface area contributed by atoms with Gasteiger partial charge in [0, 0.05) is 29.4 Å². The summed E-state index contributed by atoms with van der Waals surface area (Å²) in [4.78, 5) is 39.1. The topological polar surface area (TPSA) is 98.5 Å². The van der Waals surface area contributed by atoms with Crippen LogP contribution in [-0.2, 0) is 9.53 Å². The van der Waals surface area contributed by atoms with Crippen LogP contribution in [0.4, 0.5) is 4.79 Å². The molecule has 0 radical (unpaired) electrons. The number of pyridine rings is 1. The average molecular weight is 404 g/mol. The van der Waals surface area contributed by atoms with Crippen molar-refractivity contribution in [2.75, 3.05) is 7.11 Å². The lowest BCUT2D eigenvalue weighted by molar-refractivity contribution is -0.115. The molecule has 0 atom stereocenters. The Bertz CT molecular complexity index is 1260. The number of rotatable bonds is 2. The van der Waals surface area contributed by atoms with Crippen LogP contribution in [0.3, 0.4) is 0 Å². The van der Waals surface area contributed by atoms with E-state index in [1.165, 1.54) is 13.2 Å². The van der Waals surface area contributed by atoms with Crippen LogP contribution < -0.4 is 5.32 Å². The van der Waals surface area contributed by atoms with E-state index in [1.54, 1.807) is 42.7 Å². The largest absolute Gasteiger partial charge is 0.465 e. The molecule has 1 aromatic carbocycles. The molecule has 3 heterocycles. The molecule has 1 N–H and O–H groups in total. The van der Waals surface area contributed by atoms with Gasteiger partial charge < -0.3 is 9.15 Å². The fourth-order valence-electron chi connectivity index (χ4n) is 2.67. The number of thioether (sulfide) groups is 1. The molecule has 1 aliphatic heterocycles. The van der Waals surface area contributed by atoms with E-state index in [1.807, 2.05) is 0 Å². The summed E-state index contributed by atoms with van der Waals surface area (Å²) in [5.74, 6) is 5.50. The Balaban J connectivity index is 1.68. The lowest BCUT2D eigenvalue weighted by Crippen LogP contribution is -2.17. The maximum atomic E-state index is 11.7. The number of aromatic nitrogens is 1. The SMILES string of the molecule is COC(=O)c1cccc(C#Cc2cncc3cc(C=C4SC(=O)NC4=O)oc23)c1. The zero-order valence-electron chi connectivity index (χ0n) is 15.0. The van der Waals surface area contributed by atoms with E-state index in [4.69, 9.17) is 9.15 Å². The zero-order chi connectivity index (χ0) is 20.4. The highest BCUT2D eigenvalue weighted by Gasteiger charge is 2.25. The third kappa shape index (κ3) is 3.90. The summed E-state index contributed by atoms with van der Waals surface area (Å²) >= 11 is 0.816. The highest BCUT2D eigenvalue weighted by Crippen LogP contribution is 2.28. The maximum absolute atomic E-state index is 11.7. The number of nitrogens with zero attached hydrogens (tertiary/aromatic N) is 1. The van der Waals surface area contributed by atoms with Gasteiger partial charge in [-0.2, -0.15) is 0 Å². The Hall–Kier alpha value is -3.83. The van der Waals surface area contributed by atoms with Crippen LogP contribution >= 0.6 is 11.8 Å². The third-order valence-electron chi connectivity index (χ3n) is 3.98. The van der Waals surface area contributed by atoms with Crippen LogP contribution in [0, 0.1) is 11.8 Å². The number of nitrogens with one attached hydrogen (secondary N) is 1. The van der Waals surface area contributed by atoms with Crippen LogP contribution in [0.5, 0.6) is 0 Å². The molecule has 0 spiro atoms. The van der Waals surface area contributed by atoms with E-state index in [0.29, 0.717) is 33.4 Å². The van der Waals surface area contributed by atoms with E-state index in [9.17, 15) is 14.4 Å². The minimum Gasteiger partial charge on any atom is -0.465 e. The molecule has 4 rings (SSSR count). The summed E-state index contributed by atoms with van der Waals surface area (Å²) < 4.78 is 10.5. The molecule has 3 aromatic rings. The Morgan fingerprint density at radius 3 is 2.86 bits per heavy atom. The highest BCUT2D eigenvalue weighted by atomic mass is 32.2. The predicted octanol–water partition coefficient (Wildman–Crippen LogP) is 3.34. The number of imide groups is 1. The second-order valence-corrected chi connectivity index (χ2v) is 6.94. The number of carbonyl (C=O) groups is 3. The molecule has 1 fully saturated rings. The van der Waals surface area contributed by atoms with E-state index in [0.717, 1.165) is 11.8 Å². The smallest absolute Gasteiger partial charge is 0.337 e. The van der Waals surface area contributed by atoms with Crippen molar-refractivity contribution in [2.24, 2.45) is 0 Å². The van der Waals surface area contributed by atoms with Crippen molar-refractivity contribution in [1.29, 1.82) is 0 Å². The standard InChI is InChI=1S/C21H12N2O5S/c1-27-20(25)13-4-2-3-12(7-13)5-6-14-10-22-11-15-8-16(28-18(14)15)9-17-19(24)23-21(26)29-17/h2-4,7-11H,1H3,(H,23,24,26). The van der Waals surface area contributed by atoms with Gasteiger partial charge in [-0.3, -0.25) is 19.9 Å². The molecular formula is C21H12N2O5S. The zero-order valence-corrected chi connectivity index (χ0v) is 15.8. The minimum absolute atomic E-state index is 0.259. The Morgan fingerprint density at radius 1 is 1.24 bits per heavy atom. The van der Waals surface area contributed by atoms with E-state index < -0.39 is 17.1 Å². The number of furan rings is 1. The summed E-state index contributed by atoms with van der Waals surface area (Å²) in [7, 11) is 1.32. The van der Waals surface area contributed by atoms with E-state index >= 15 is 0 Å². The fraction of sp³-hybridized carbons (Fsp3) is 0.0476. The first-order chi connectivity index (χ1) is 14.0. The summed E-state index contributed by atoms with van der Waals surface area (Å²) in [6, 6.07) is 8.50. The number of hydrogen-bond donors (Lipinski definition) is 1. The lowest BCUT2D eigenvalue weighted by Gasteiger charge is -1.98. The van der Waals surface area contributed by atoms with Crippen molar-refractivity contribution in [3.8, 4) is 11.8 Å². The lowest BCUT2D eigenvalue weighted by atomic mass is 10.1. The van der Waals surface area contributed by atoms with Gasteiger partial charge in [-0.15, -0.1) is 0 Å². The van der Waals surface area contributed by atoms with Gasteiger partial charge in [0.2, 0.25) is 0 Å². The average Bonchev–Trinajstić information content (AvgIpc) is 3.28. The Kier molecular flexibility index (Phi) is 4.89. The van der Waals surface area contributed by atoms with Gasteiger partial charge in [0.15, 0.2) is 5.58 Å². The molecular weight excluding hydrogens is 392 g/mol. The molecule has 0 aliphatic carbocycles. The summed E-state index contributed by atoms with van der Waals surface area (Å²) in [6.07, 6.45) is 4.69. The number of fused-ring (bicyclic) bond motifs is 1. The molecule has 2 aromatic heterocycles. The van der Waals surface area contributed by atoms with Crippen LogP contribution in [0.25, 0.3) is 17.0 Å². The van der Waals surface area contributed by atoms with Crippen molar-refractivity contribution in [1.82, 2.24) is 10.3 Å². The molecule has 1 aliphatic rings. The Labute approximate surface area is 169 Å². The number of benzene rings is 1. The fourth-order valence-corrected chi connectivity index (χ4v) is 3.34. The molecule has 1 saturated heterocycles. The number of ether oxygens (including phenoxy) is 1. The monoisotopic (exact) mass is 404 g/mol. The molecule has 2 amide bonds. The summed E-state index contributed by atoms with van der Waals surface area (Å²) in [6.45, 7) is 0. The second-order valence-electron chi connectivity index (χ2n) is 5.93. The highest BCUT2D eigenvalue weighted by molar-refractivity contribution is 8.18. The number of methoxy groups -OCH3 is 1. The number of amides is 2.